The first-order valence-electron chi connectivity index (χ1n) is 12.3. The van der Waals surface area contributed by atoms with Crippen molar-refractivity contribution in [3.05, 3.63) is 58.1 Å². The predicted octanol–water partition coefficient (Wildman–Crippen LogP) is 6.21. The molecule has 1 amide bonds. The van der Waals surface area contributed by atoms with Gasteiger partial charge in [-0.25, -0.2) is 4.79 Å². The fraction of sp³-hybridized carbons (Fsp3) is 0.519. The van der Waals surface area contributed by atoms with Crippen molar-refractivity contribution in [3.63, 3.8) is 0 Å². The van der Waals surface area contributed by atoms with E-state index in [-0.39, 0.29) is 12.0 Å². The number of rotatable bonds is 8. The molecule has 0 spiro atoms. The maximum absolute atomic E-state index is 12.3. The van der Waals surface area contributed by atoms with E-state index in [0.29, 0.717) is 29.7 Å². The minimum absolute atomic E-state index is 0.0344. The molecule has 1 aliphatic carbocycles. The van der Waals surface area contributed by atoms with Crippen LogP contribution >= 0.6 is 23.2 Å². The van der Waals surface area contributed by atoms with Gasteiger partial charge >= 0.3 is 6.09 Å². The number of hydrogen-bond donors (Lipinski definition) is 1. The zero-order chi connectivity index (χ0) is 24.1. The van der Waals surface area contributed by atoms with Crippen LogP contribution in [0, 0.1) is 0 Å². The lowest BCUT2D eigenvalue weighted by molar-refractivity contribution is -0.0667. The van der Waals surface area contributed by atoms with Gasteiger partial charge in [0.1, 0.15) is 0 Å². The molecule has 5 nitrogen and oxygen atoms in total. The van der Waals surface area contributed by atoms with Gasteiger partial charge in [0.05, 0.1) is 22.3 Å². The summed E-state index contributed by atoms with van der Waals surface area (Å²) in [6, 6.07) is 14.1. The molecule has 1 atom stereocenters. The standard InChI is InChI=1S/C27H34Cl2N2O3/c1-2-3-17-34-26(32)31-15-13-30(14-16-31)19-23(27(33)11-4-12-27)21-7-5-20(6-8-21)22-9-10-24(28)25(29)18-22/h5-10,18,23,33H,2-4,11-17,19H2,1H3. The number of ether oxygens (including phenoxy) is 1. The van der Waals surface area contributed by atoms with Crippen molar-refractivity contribution in [1.82, 2.24) is 9.80 Å². The minimum Gasteiger partial charge on any atom is -0.449 e. The molecule has 0 bridgehead atoms. The minimum atomic E-state index is -0.665. The molecule has 34 heavy (non-hydrogen) atoms. The van der Waals surface area contributed by atoms with Gasteiger partial charge in [0.25, 0.3) is 0 Å². The molecular weight excluding hydrogens is 471 g/mol. The van der Waals surface area contributed by atoms with Crippen molar-refractivity contribution in [3.8, 4) is 11.1 Å². The second-order valence-corrected chi connectivity index (χ2v) is 10.3. The maximum atomic E-state index is 12.3. The lowest BCUT2D eigenvalue weighted by Crippen LogP contribution is -2.53. The third kappa shape index (κ3) is 5.88. The Labute approximate surface area is 212 Å². The van der Waals surface area contributed by atoms with Crippen LogP contribution in [0.15, 0.2) is 42.5 Å². The van der Waals surface area contributed by atoms with Crippen LogP contribution in [0.1, 0.15) is 50.5 Å². The molecule has 1 saturated heterocycles. The second-order valence-electron chi connectivity index (χ2n) is 9.52. The average Bonchev–Trinajstić information content (AvgIpc) is 2.83. The Morgan fingerprint density at radius 3 is 2.29 bits per heavy atom. The first-order valence-corrected chi connectivity index (χ1v) is 13.1. The summed E-state index contributed by atoms with van der Waals surface area (Å²) in [5, 5.41) is 12.4. The van der Waals surface area contributed by atoms with Crippen molar-refractivity contribution < 1.29 is 14.6 Å². The number of benzene rings is 2. The van der Waals surface area contributed by atoms with Gasteiger partial charge < -0.3 is 14.7 Å². The van der Waals surface area contributed by atoms with E-state index in [1.807, 2.05) is 18.2 Å². The van der Waals surface area contributed by atoms with Gasteiger partial charge in [-0.05, 0) is 54.5 Å². The zero-order valence-electron chi connectivity index (χ0n) is 19.8. The molecule has 4 rings (SSSR count). The number of nitrogens with zero attached hydrogens (tertiary/aromatic N) is 2. The van der Waals surface area contributed by atoms with Crippen molar-refractivity contribution >= 4 is 29.3 Å². The molecule has 1 saturated carbocycles. The highest BCUT2D eigenvalue weighted by Gasteiger charge is 2.43. The summed E-state index contributed by atoms with van der Waals surface area (Å²) in [5.74, 6) is 0.0344. The molecule has 1 unspecified atom stereocenters. The van der Waals surface area contributed by atoms with E-state index in [1.54, 1.807) is 4.90 Å². The third-order valence-electron chi connectivity index (χ3n) is 7.23. The lowest BCUT2D eigenvalue weighted by atomic mass is 9.68. The average molecular weight is 505 g/mol. The number of carbonyl (C=O) groups is 1. The van der Waals surface area contributed by atoms with Crippen molar-refractivity contribution in [2.45, 2.75) is 50.5 Å². The lowest BCUT2D eigenvalue weighted by Gasteiger charge is -2.46. The molecule has 0 aromatic heterocycles. The zero-order valence-corrected chi connectivity index (χ0v) is 21.3. The smallest absolute Gasteiger partial charge is 0.409 e. The summed E-state index contributed by atoms with van der Waals surface area (Å²) in [6.07, 6.45) is 4.42. The molecule has 184 valence electrons. The van der Waals surface area contributed by atoms with Gasteiger partial charge in [0, 0.05) is 38.6 Å². The first-order chi connectivity index (χ1) is 16.4. The van der Waals surface area contributed by atoms with Gasteiger partial charge in [-0.15, -0.1) is 0 Å². The van der Waals surface area contributed by atoms with Crippen LogP contribution in [0.5, 0.6) is 0 Å². The Balaban J connectivity index is 1.41. The number of hydrogen-bond acceptors (Lipinski definition) is 4. The molecule has 2 aromatic rings. The fourth-order valence-corrected chi connectivity index (χ4v) is 5.12. The Morgan fingerprint density at radius 2 is 1.71 bits per heavy atom. The van der Waals surface area contributed by atoms with E-state index >= 15 is 0 Å². The Bertz CT molecular complexity index is 970. The van der Waals surface area contributed by atoms with E-state index < -0.39 is 5.60 Å². The van der Waals surface area contributed by atoms with Crippen LogP contribution < -0.4 is 0 Å². The largest absolute Gasteiger partial charge is 0.449 e. The van der Waals surface area contributed by atoms with E-state index in [0.717, 1.165) is 68.4 Å². The topological polar surface area (TPSA) is 53.0 Å². The molecule has 7 heteroatoms. The van der Waals surface area contributed by atoms with Crippen LogP contribution in [-0.4, -0.2) is 65.9 Å². The monoisotopic (exact) mass is 504 g/mol. The molecule has 0 radical (unpaired) electrons. The molecule has 1 N–H and O–H groups in total. The summed E-state index contributed by atoms with van der Waals surface area (Å²) < 4.78 is 5.36. The van der Waals surface area contributed by atoms with Gasteiger partial charge in [-0.3, -0.25) is 4.90 Å². The quantitative estimate of drug-likeness (QED) is 0.434. The van der Waals surface area contributed by atoms with Crippen molar-refractivity contribution in [2.24, 2.45) is 0 Å². The van der Waals surface area contributed by atoms with Crippen LogP contribution in [0.4, 0.5) is 4.79 Å². The summed E-state index contributed by atoms with van der Waals surface area (Å²) in [6.45, 7) is 6.25. The highest BCUT2D eigenvalue weighted by molar-refractivity contribution is 6.42. The highest BCUT2D eigenvalue weighted by atomic mass is 35.5. The van der Waals surface area contributed by atoms with Crippen LogP contribution in [0.25, 0.3) is 11.1 Å². The number of amides is 1. The Morgan fingerprint density at radius 1 is 1.03 bits per heavy atom. The molecule has 2 aromatic carbocycles. The maximum Gasteiger partial charge on any atom is 0.409 e. The first kappa shape index (κ1) is 25.3. The van der Waals surface area contributed by atoms with Gasteiger partial charge in [0.15, 0.2) is 0 Å². The number of piperazine rings is 1. The van der Waals surface area contributed by atoms with Crippen LogP contribution in [-0.2, 0) is 4.74 Å². The molecular formula is C27H34Cl2N2O3. The predicted molar refractivity (Wildman–Crippen MR) is 138 cm³/mol. The molecule has 1 aliphatic heterocycles. The number of halogens is 2. The number of carbonyl (C=O) groups excluding carboxylic acids is 1. The summed E-state index contributed by atoms with van der Waals surface area (Å²) in [5.41, 5.74) is 2.56. The van der Waals surface area contributed by atoms with Gasteiger partial charge in [-0.1, -0.05) is 66.9 Å². The third-order valence-corrected chi connectivity index (χ3v) is 7.97. The molecule has 2 fully saturated rings. The fourth-order valence-electron chi connectivity index (χ4n) is 4.82. The van der Waals surface area contributed by atoms with Crippen molar-refractivity contribution in [1.29, 1.82) is 0 Å². The number of unbranched alkanes of at least 4 members (excludes halogenated alkanes) is 1. The highest BCUT2D eigenvalue weighted by Crippen LogP contribution is 2.44. The molecule has 1 heterocycles. The number of aliphatic hydroxyl groups is 1. The van der Waals surface area contributed by atoms with E-state index in [1.165, 1.54) is 0 Å². The Hall–Kier alpha value is -1.79. The SMILES string of the molecule is CCCCOC(=O)N1CCN(CC(c2ccc(-c3ccc(Cl)c(Cl)c3)cc2)C2(O)CCC2)CC1. The van der Waals surface area contributed by atoms with E-state index in [9.17, 15) is 9.90 Å². The normalized spacial score (nSPS) is 18.9. The molecule has 2 aliphatic rings. The van der Waals surface area contributed by atoms with Gasteiger partial charge in [-0.2, -0.15) is 0 Å². The second kappa shape index (κ2) is 11.3. The van der Waals surface area contributed by atoms with E-state index in [2.05, 4.69) is 36.1 Å². The summed E-state index contributed by atoms with van der Waals surface area (Å²) >= 11 is 12.3. The van der Waals surface area contributed by atoms with Crippen LogP contribution in [0.2, 0.25) is 10.0 Å². The summed E-state index contributed by atoms with van der Waals surface area (Å²) in [7, 11) is 0. The van der Waals surface area contributed by atoms with Crippen molar-refractivity contribution in [2.75, 3.05) is 39.3 Å². The Kier molecular flexibility index (Phi) is 8.41. The van der Waals surface area contributed by atoms with Gasteiger partial charge in [0.2, 0.25) is 0 Å². The van der Waals surface area contributed by atoms with Crippen LogP contribution in [0.3, 0.4) is 0 Å². The summed E-state index contributed by atoms with van der Waals surface area (Å²) in [4.78, 5) is 16.4. The van der Waals surface area contributed by atoms with E-state index in [4.69, 9.17) is 27.9 Å².